The van der Waals surface area contributed by atoms with Gasteiger partial charge in [0.25, 0.3) is 0 Å². The van der Waals surface area contributed by atoms with Gasteiger partial charge in [-0.2, -0.15) is 30.6 Å². The first-order chi connectivity index (χ1) is 33.9. The van der Waals surface area contributed by atoms with Crippen LogP contribution in [-0.2, 0) is 0 Å². The van der Waals surface area contributed by atoms with Crippen LogP contribution in [0.3, 0.4) is 0 Å². The maximum atomic E-state index is 3.87. The molecule has 0 saturated heterocycles. The van der Waals surface area contributed by atoms with Crippen molar-refractivity contribution < 1.29 is 0 Å². The summed E-state index contributed by atoms with van der Waals surface area (Å²) in [5.41, 5.74) is 7.90. The van der Waals surface area contributed by atoms with E-state index in [0.717, 1.165) is 56.8 Å². The van der Waals surface area contributed by atoms with Gasteiger partial charge in [-0.05, 0) is 133 Å². The summed E-state index contributed by atoms with van der Waals surface area (Å²) in [6.45, 7) is 19.0. The Morgan fingerprint density at radius 3 is 1.13 bits per heavy atom. The minimum Gasteiger partial charge on any atom is -0.245 e. The van der Waals surface area contributed by atoms with E-state index in [1.54, 1.807) is 92.7 Å². The SMILES string of the molecule is Cc1cccnn1.Cc1ccncn1.Cc1ccnnc1.Cc1ccnnn1.Cc1cncnc1.Cc1cncnn1.Cc1cnncn1.Cc1cnnnc1.Cc1ncccn1.Cc1ncncn1. The Hall–Kier alpha value is -9.55. The molecule has 0 saturated carbocycles. The first kappa shape index (κ1) is 58.5. The third-order valence-corrected chi connectivity index (χ3v) is 6.66. The Labute approximate surface area is 406 Å². The van der Waals surface area contributed by atoms with Crippen molar-refractivity contribution in [2.24, 2.45) is 0 Å². The number of aromatic nitrogens is 25. The molecular weight excluding hydrogens is 891 g/mol. The largest absolute Gasteiger partial charge is 0.245 e. The smallest absolute Gasteiger partial charge is 0.138 e. The van der Waals surface area contributed by atoms with Gasteiger partial charge in [0, 0.05) is 49.1 Å². The average Bonchev–Trinajstić information content (AvgIpc) is 3.38. The summed E-state index contributed by atoms with van der Waals surface area (Å²) in [5.74, 6) is 1.58. The second-order valence-corrected chi connectivity index (χ2v) is 13.1. The molecule has 0 spiro atoms. The van der Waals surface area contributed by atoms with E-state index in [1.165, 1.54) is 38.0 Å². The molecule has 25 nitrogen and oxygen atoms in total. The van der Waals surface area contributed by atoms with Crippen molar-refractivity contribution in [2.45, 2.75) is 69.2 Å². The van der Waals surface area contributed by atoms with E-state index in [9.17, 15) is 0 Å². The lowest BCUT2D eigenvalue weighted by Crippen LogP contribution is -1.85. The zero-order valence-electron chi connectivity index (χ0n) is 40.6. The van der Waals surface area contributed by atoms with E-state index in [-0.39, 0.29) is 0 Å². The van der Waals surface area contributed by atoms with E-state index in [4.69, 9.17) is 0 Å². The molecule has 0 bridgehead atoms. The van der Waals surface area contributed by atoms with Crippen LogP contribution >= 0.6 is 0 Å². The van der Waals surface area contributed by atoms with Gasteiger partial charge in [0.05, 0.1) is 60.0 Å². The first-order valence-electron chi connectivity index (χ1n) is 20.6. The second-order valence-electron chi connectivity index (χ2n) is 13.1. The number of hydrogen-bond acceptors (Lipinski definition) is 25. The molecule has 0 fully saturated rings. The van der Waals surface area contributed by atoms with Gasteiger partial charge in [-0.25, -0.2) is 54.8 Å². The molecule has 10 aromatic heterocycles. The third kappa shape index (κ3) is 38.9. The van der Waals surface area contributed by atoms with Crippen molar-refractivity contribution in [3.63, 3.8) is 0 Å². The molecule has 0 N–H and O–H groups in total. The number of aryl methyl sites for hydroxylation is 10. The lowest BCUT2D eigenvalue weighted by molar-refractivity contribution is 0.839. The van der Waals surface area contributed by atoms with Crippen molar-refractivity contribution in [1.29, 1.82) is 0 Å². The predicted molar refractivity (Wildman–Crippen MR) is 257 cm³/mol. The van der Waals surface area contributed by atoms with Crippen LogP contribution in [-0.4, -0.2) is 126 Å². The Balaban J connectivity index is 0.000000389. The molecule has 0 radical (unpaired) electrons. The summed E-state index contributed by atoms with van der Waals surface area (Å²) in [5, 5.41) is 49.7. The molecule has 0 amide bonds. The fourth-order valence-corrected chi connectivity index (χ4v) is 3.34. The zero-order chi connectivity index (χ0) is 51.1. The summed E-state index contributed by atoms with van der Waals surface area (Å²) in [7, 11) is 0. The molecule has 25 heteroatoms. The summed E-state index contributed by atoms with van der Waals surface area (Å²) < 4.78 is 0. The zero-order valence-corrected chi connectivity index (χ0v) is 40.6. The van der Waals surface area contributed by atoms with Crippen molar-refractivity contribution in [3.8, 4) is 0 Å². The summed E-state index contributed by atoms with van der Waals surface area (Å²) in [4.78, 5) is 41.5. The lowest BCUT2D eigenvalue weighted by Gasteiger charge is -1.81. The minimum atomic E-state index is 0.759. The van der Waals surface area contributed by atoms with Gasteiger partial charge in [-0.15, -0.1) is 30.6 Å². The summed E-state index contributed by atoms with van der Waals surface area (Å²) >= 11 is 0. The number of hydrogen-bond donors (Lipinski definition) is 0. The quantitative estimate of drug-likeness (QED) is 0.196. The second kappa shape index (κ2) is 40.9. The van der Waals surface area contributed by atoms with E-state index in [0.29, 0.717) is 0 Å². The third-order valence-electron chi connectivity index (χ3n) is 6.66. The Kier molecular flexibility index (Phi) is 34.2. The Morgan fingerprint density at radius 2 is 0.843 bits per heavy atom. The van der Waals surface area contributed by atoms with Crippen molar-refractivity contribution in [1.82, 2.24) is 126 Å². The molecule has 0 aliphatic carbocycles. The topological polar surface area (TPSA) is 322 Å². The molecule has 0 aliphatic heterocycles. The molecule has 0 aliphatic rings. The van der Waals surface area contributed by atoms with Gasteiger partial charge >= 0.3 is 0 Å². The maximum absolute atomic E-state index is 3.87. The average molecular weight is 946 g/mol. The lowest BCUT2D eigenvalue weighted by atomic mass is 10.4. The standard InChI is InChI=1S/5C5H6N2.5C4H5N3/c1-5-2-6-4-7-3-5;1-5-2-3-6-4-7-5;1-5-2-3-6-7-4-5;1-5-6-3-2-4-7-5;1-5-3-2-4-6-7-5;1-4-6-2-5-3-7-4;1-4-2-6-7-3-5-4;1-4-2-5-3-6-7-4;1-4-2-5-7-6-3-4;1-4-2-3-5-7-6-4/h5*2-4H,1H3;5*2-3H,1H3. The molecule has 70 heavy (non-hydrogen) atoms. The molecule has 10 aromatic rings. The highest BCUT2D eigenvalue weighted by molar-refractivity contribution is 5.01. The molecule has 360 valence electrons. The fourth-order valence-electron chi connectivity index (χ4n) is 3.34. The molecular formula is C45H55N25. The van der Waals surface area contributed by atoms with Crippen molar-refractivity contribution in [3.05, 3.63) is 212 Å². The normalized spacial score (nSPS) is 8.71. The summed E-state index contributed by atoms with van der Waals surface area (Å²) in [6.07, 6.45) is 30.8. The van der Waals surface area contributed by atoms with Crippen LogP contribution in [0.5, 0.6) is 0 Å². The molecule has 10 rings (SSSR count). The first-order valence-corrected chi connectivity index (χ1v) is 20.6. The number of rotatable bonds is 0. The highest BCUT2D eigenvalue weighted by Crippen LogP contribution is 1.87. The fraction of sp³-hybridized carbons (Fsp3) is 0.222. The van der Waals surface area contributed by atoms with Crippen molar-refractivity contribution in [2.75, 3.05) is 0 Å². The van der Waals surface area contributed by atoms with Crippen LogP contribution in [0.15, 0.2) is 155 Å². The monoisotopic (exact) mass is 946 g/mol. The Morgan fingerprint density at radius 1 is 0.257 bits per heavy atom. The van der Waals surface area contributed by atoms with Crippen LogP contribution in [0, 0.1) is 69.2 Å². The van der Waals surface area contributed by atoms with E-state index in [2.05, 4.69) is 126 Å². The molecule has 0 aromatic carbocycles. The van der Waals surface area contributed by atoms with Gasteiger partial charge < -0.3 is 0 Å². The number of nitrogens with zero attached hydrogens (tertiary/aromatic N) is 25. The minimum absolute atomic E-state index is 0.759. The molecule has 0 unspecified atom stereocenters. The van der Waals surface area contributed by atoms with Crippen LogP contribution in [0.2, 0.25) is 0 Å². The highest BCUT2D eigenvalue weighted by atomic mass is 15.3. The maximum Gasteiger partial charge on any atom is 0.138 e. The van der Waals surface area contributed by atoms with Gasteiger partial charge in [-0.3, -0.25) is 0 Å². The Bertz CT molecular complexity index is 1990. The van der Waals surface area contributed by atoms with Crippen LogP contribution in [0.4, 0.5) is 0 Å². The van der Waals surface area contributed by atoms with Gasteiger partial charge in [0.15, 0.2) is 0 Å². The van der Waals surface area contributed by atoms with Gasteiger partial charge in [0.2, 0.25) is 0 Å². The van der Waals surface area contributed by atoms with Gasteiger partial charge in [-0.1, -0.05) is 0 Å². The van der Waals surface area contributed by atoms with E-state index < -0.39 is 0 Å². The van der Waals surface area contributed by atoms with E-state index >= 15 is 0 Å². The molecule has 0 atom stereocenters. The summed E-state index contributed by atoms with van der Waals surface area (Å²) in [6, 6.07) is 11.1. The van der Waals surface area contributed by atoms with Gasteiger partial charge in [0.1, 0.15) is 49.6 Å². The van der Waals surface area contributed by atoms with Crippen LogP contribution in [0.25, 0.3) is 0 Å². The van der Waals surface area contributed by atoms with Crippen LogP contribution < -0.4 is 0 Å². The van der Waals surface area contributed by atoms with Crippen LogP contribution in [0.1, 0.15) is 56.8 Å². The highest BCUT2D eigenvalue weighted by Gasteiger charge is 1.81. The predicted octanol–water partition coefficient (Wildman–Crippen LogP) is 4.83. The van der Waals surface area contributed by atoms with E-state index in [1.807, 2.05) is 93.5 Å². The molecule has 10 heterocycles. The van der Waals surface area contributed by atoms with Crippen molar-refractivity contribution >= 4 is 0 Å².